The van der Waals surface area contributed by atoms with E-state index >= 15 is 0 Å². The molecule has 1 N–H and O–H groups in total. The summed E-state index contributed by atoms with van der Waals surface area (Å²) in [5, 5.41) is 3.45. The van der Waals surface area contributed by atoms with Gasteiger partial charge in [-0.15, -0.1) is 11.8 Å². The molecule has 1 heterocycles. The number of hydrogen-bond donors (Lipinski definition) is 1. The van der Waals surface area contributed by atoms with Gasteiger partial charge in [-0.3, -0.25) is 4.98 Å². The van der Waals surface area contributed by atoms with Crippen molar-refractivity contribution in [3.63, 3.8) is 0 Å². The standard InChI is InChI=1S/C14H16N2S/c1-11-7-12(9-15-8-11)10-16-13-5-3-4-6-14(13)17-2/h3-9,16H,10H2,1-2H3. The van der Waals surface area contributed by atoms with Crippen LogP contribution in [0.3, 0.4) is 0 Å². The Bertz CT molecular complexity index is 497. The molecule has 0 aliphatic rings. The summed E-state index contributed by atoms with van der Waals surface area (Å²) < 4.78 is 0. The maximum absolute atomic E-state index is 4.19. The molecule has 0 aliphatic heterocycles. The minimum absolute atomic E-state index is 0.812. The van der Waals surface area contributed by atoms with Gasteiger partial charge in [0.2, 0.25) is 0 Å². The predicted octanol–water partition coefficient (Wildman–Crippen LogP) is 3.72. The van der Waals surface area contributed by atoms with Crippen LogP contribution in [0.25, 0.3) is 0 Å². The van der Waals surface area contributed by atoms with Crippen LogP contribution in [0.2, 0.25) is 0 Å². The molecule has 17 heavy (non-hydrogen) atoms. The Balaban J connectivity index is 2.07. The zero-order valence-electron chi connectivity index (χ0n) is 10.1. The third-order valence-corrected chi connectivity index (χ3v) is 3.32. The lowest BCUT2D eigenvalue weighted by Crippen LogP contribution is -2.01. The van der Waals surface area contributed by atoms with Crippen molar-refractivity contribution in [2.45, 2.75) is 18.4 Å². The lowest BCUT2D eigenvalue weighted by molar-refractivity contribution is 1.09. The SMILES string of the molecule is CSc1ccccc1NCc1cncc(C)c1. The maximum Gasteiger partial charge on any atom is 0.0480 e. The summed E-state index contributed by atoms with van der Waals surface area (Å²) in [6.45, 7) is 2.87. The average Bonchev–Trinajstić information content (AvgIpc) is 2.37. The fraction of sp³-hybridized carbons (Fsp3) is 0.214. The van der Waals surface area contributed by atoms with E-state index in [-0.39, 0.29) is 0 Å². The molecule has 0 unspecified atom stereocenters. The number of nitrogens with zero attached hydrogens (tertiary/aromatic N) is 1. The van der Waals surface area contributed by atoms with Gasteiger partial charge in [0.15, 0.2) is 0 Å². The van der Waals surface area contributed by atoms with E-state index in [4.69, 9.17) is 0 Å². The second-order valence-corrected chi connectivity index (χ2v) is 4.77. The number of pyridine rings is 1. The van der Waals surface area contributed by atoms with Gasteiger partial charge in [-0.2, -0.15) is 0 Å². The molecule has 0 amide bonds. The van der Waals surface area contributed by atoms with Crippen molar-refractivity contribution in [3.8, 4) is 0 Å². The Hall–Kier alpha value is -1.48. The van der Waals surface area contributed by atoms with Gasteiger partial charge in [0.1, 0.15) is 0 Å². The van der Waals surface area contributed by atoms with E-state index in [2.05, 4.69) is 53.8 Å². The average molecular weight is 244 g/mol. The van der Waals surface area contributed by atoms with Gasteiger partial charge in [0.05, 0.1) is 0 Å². The lowest BCUT2D eigenvalue weighted by Gasteiger charge is -2.10. The fourth-order valence-corrected chi connectivity index (χ4v) is 2.28. The molecule has 0 radical (unpaired) electrons. The van der Waals surface area contributed by atoms with E-state index < -0.39 is 0 Å². The van der Waals surface area contributed by atoms with Crippen LogP contribution in [-0.4, -0.2) is 11.2 Å². The summed E-state index contributed by atoms with van der Waals surface area (Å²) in [5.74, 6) is 0. The summed E-state index contributed by atoms with van der Waals surface area (Å²) in [6, 6.07) is 10.5. The quantitative estimate of drug-likeness (QED) is 0.830. The molecular weight excluding hydrogens is 228 g/mol. The molecule has 2 aromatic rings. The molecule has 0 bridgehead atoms. The van der Waals surface area contributed by atoms with Crippen molar-refractivity contribution in [1.82, 2.24) is 4.98 Å². The van der Waals surface area contributed by atoms with Gasteiger partial charge < -0.3 is 5.32 Å². The Morgan fingerprint density at radius 2 is 2.06 bits per heavy atom. The molecule has 0 atom stereocenters. The predicted molar refractivity (Wildman–Crippen MR) is 74.5 cm³/mol. The van der Waals surface area contributed by atoms with E-state index in [1.807, 2.05) is 12.4 Å². The van der Waals surface area contributed by atoms with Crippen LogP contribution in [0.15, 0.2) is 47.6 Å². The van der Waals surface area contributed by atoms with Crippen LogP contribution in [0, 0.1) is 6.92 Å². The summed E-state index contributed by atoms with van der Waals surface area (Å²) in [7, 11) is 0. The Labute approximate surface area is 106 Å². The number of para-hydroxylation sites is 1. The van der Waals surface area contributed by atoms with Crippen LogP contribution < -0.4 is 5.32 Å². The van der Waals surface area contributed by atoms with Crippen LogP contribution in [0.5, 0.6) is 0 Å². The number of aryl methyl sites for hydroxylation is 1. The molecule has 2 nitrogen and oxygen atoms in total. The van der Waals surface area contributed by atoms with Crippen molar-refractivity contribution in [2.75, 3.05) is 11.6 Å². The van der Waals surface area contributed by atoms with E-state index in [9.17, 15) is 0 Å². The number of rotatable bonds is 4. The summed E-state index contributed by atoms with van der Waals surface area (Å²) >= 11 is 1.76. The molecule has 0 saturated carbocycles. The minimum Gasteiger partial charge on any atom is -0.380 e. The highest BCUT2D eigenvalue weighted by Gasteiger charge is 2.00. The number of aromatic nitrogens is 1. The Morgan fingerprint density at radius 1 is 1.24 bits per heavy atom. The summed E-state index contributed by atoms with van der Waals surface area (Å²) in [5.41, 5.74) is 3.59. The van der Waals surface area contributed by atoms with Crippen molar-refractivity contribution >= 4 is 17.4 Å². The van der Waals surface area contributed by atoms with E-state index in [1.54, 1.807) is 11.8 Å². The first-order valence-electron chi connectivity index (χ1n) is 5.57. The largest absolute Gasteiger partial charge is 0.380 e. The van der Waals surface area contributed by atoms with Crippen molar-refractivity contribution in [1.29, 1.82) is 0 Å². The molecule has 0 aliphatic carbocycles. The number of hydrogen-bond acceptors (Lipinski definition) is 3. The van der Waals surface area contributed by atoms with Gasteiger partial charge in [-0.1, -0.05) is 18.2 Å². The second-order valence-electron chi connectivity index (χ2n) is 3.92. The van der Waals surface area contributed by atoms with Gasteiger partial charge in [-0.05, 0) is 36.4 Å². The summed E-state index contributed by atoms with van der Waals surface area (Å²) in [4.78, 5) is 5.47. The summed E-state index contributed by atoms with van der Waals surface area (Å²) in [6.07, 6.45) is 5.87. The van der Waals surface area contributed by atoms with E-state index in [0.29, 0.717) is 0 Å². The molecule has 88 valence electrons. The highest BCUT2D eigenvalue weighted by molar-refractivity contribution is 7.98. The molecule has 2 rings (SSSR count). The highest BCUT2D eigenvalue weighted by Crippen LogP contribution is 2.24. The number of thioether (sulfide) groups is 1. The Kier molecular flexibility index (Phi) is 4.04. The minimum atomic E-state index is 0.812. The normalized spacial score (nSPS) is 10.2. The Morgan fingerprint density at radius 3 is 2.82 bits per heavy atom. The maximum atomic E-state index is 4.19. The lowest BCUT2D eigenvalue weighted by atomic mass is 10.2. The molecule has 1 aromatic carbocycles. The van der Waals surface area contributed by atoms with E-state index in [1.165, 1.54) is 21.7 Å². The topological polar surface area (TPSA) is 24.9 Å². The first-order valence-corrected chi connectivity index (χ1v) is 6.79. The molecule has 0 saturated heterocycles. The first kappa shape index (κ1) is 12.0. The second kappa shape index (κ2) is 5.73. The number of nitrogens with one attached hydrogen (secondary N) is 1. The third-order valence-electron chi connectivity index (χ3n) is 2.52. The number of anilines is 1. The van der Waals surface area contributed by atoms with E-state index in [0.717, 1.165) is 6.54 Å². The van der Waals surface area contributed by atoms with Crippen molar-refractivity contribution in [3.05, 3.63) is 53.9 Å². The van der Waals surface area contributed by atoms with Crippen LogP contribution in [0.1, 0.15) is 11.1 Å². The molecular formula is C14H16N2S. The molecule has 0 fully saturated rings. The van der Waals surface area contributed by atoms with Gasteiger partial charge in [-0.25, -0.2) is 0 Å². The highest BCUT2D eigenvalue weighted by atomic mass is 32.2. The van der Waals surface area contributed by atoms with Crippen molar-refractivity contribution < 1.29 is 0 Å². The van der Waals surface area contributed by atoms with Crippen molar-refractivity contribution in [2.24, 2.45) is 0 Å². The van der Waals surface area contributed by atoms with Gasteiger partial charge in [0.25, 0.3) is 0 Å². The fourth-order valence-electron chi connectivity index (χ4n) is 1.70. The third kappa shape index (κ3) is 3.24. The van der Waals surface area contributed by atoms with Crippen LogP contribution in [0.4, 0.5) is 5.69 Å². The zero-order valence-corrected chi connectivity index (χ0v) is 10.9. The smallest absolute Gasteiger partial charge is 0.0480 e. The molecule has 1 aromatic heterocycles. The number of benzene rings is 1. The van der Waals surface area contributed by atoms with Crippen LogP contribution >= 0.6 is 11.8 Å². The molecule has 0 spiro atoms. The monoisotopic (exact) mass is 244 g/mol. The first-order chi connectivity index (χ1) is 8.29. The van der Waals surface area contributed by atoms with Gasteiger partial charge in [0, 0.05) is 29.5 Å². The van der Waals surface area contributed by atoms with Gasteiger partial charge >= 0.3 is 0 Å². The zero-order chi connectivity index (χ0) is 12.1. The molecule has 3 heteroatoms. The van der Waals surface area contributed by atoms with Crippen LogP contribution in [-0.2, 0) is 6.54 Å².